The van der Waals surface area contributed by atoms with Crippen molar-refractivity contribution in [1.29, 1.82) is 0 Å². The van der Waals surface area contributed by atoms with Crippen LogP contribution >= 0.6 is 0 Å². The highest BCUT2D eigenvalue weighted by atomic mass is 16.7. The fraction of sp³-hybridized carbons (Fsp3) is 0.222. The Morgan fingerprint density at radius 1 is 1.09 bits per heavy atom. The summed E-state index contributed by atoms with van der Waals surface area (Å²) in [6.07, 6.45) is 4.16. The van der Waals surface area contributed by atoms with Crippen LogP contribution in [0.15, 0.2) is 87.9 Å². The largest absolute Gasteiger partial charge is 0.469 e. The number of nitrogens with zero attached hydrogens (tertiary/aromatic N) is 1. The zero-order valence-electron chi connectivity index (χ0n) is 19.0. The van der Waals surface area contributed by atoms with Gasteiger partial charge in [-0.3, -0.25) is 9.59 Å². The molecular formula is C27H23N3O5. The molecule has 0 saturated heterocycles. The van der Waals surface area contributed by atoms with Crippen molar-refractivity contribution in [2.45, 2.75) is 31.6 Å². The van der Waals surface area contributed by atoms with Crippen LogP contribution < -0.4 is 20.1 Å². The predicted molar refractivity (Wildman–Crippen MR) is 127 cm³/mol. The lowest BCUT2D eigenvalue weighted by Gasteiger charge is -2.36. The average molecular weight is 469 g/mol. The molecule has 1 aliphatic carbocycles. The number of ketones is 1. The molecule has 2 N–H and O–H groups in total. The third-order valence-electron chi connectivity index (χ3n) is 6.65. The van der Waals surface area contributed by atoms with Crippen LogP contribution in [-0.2, 0) is 9.59 Å². The van der Waals surface area contributed by atoms with Crippen molar-refractivity contribution in [2.24, 2.45) is 0 Å². The Balaban J connectivity index is 1.43. The van der Waals surface area contributed by atoms with Crippen LogP contribution in [0.4, 0.5) is 5.82 Å². The Kier molecular flexibility index (Phi) is 5.13. The number of benzene rings is 1. The first-order valence-electron chi connectivity index (χ1n) is 11.5. The Morgan fingerprint density at radius 3 is 2.77 bits per heavy atom. The number of furan rings is 1. The molecule has 3 aromatic rings. The number of nitrogens with one attached hydrogen (secondary N) is 2. The molecule has 2 aromatic heterocycles. The topological polar surface area (TPSA) is 103 Å². The SMILES string of the molecule is CC1=C(C(=O)Nc2ccccn2)[C@@H](c2ccc3c(c2)OCO3)C2=C(C[C@H](c3ccco3)CC2=O)N1. The Morgan fingerprint density at radius 2 is 1.97 bits per heavy atom. The van der Waals surface area contributed by atoms with Gasteiger partial charge in [-0.2, -0.15) is 0 Å². The van der Waals surface area contributed by atoms with Gasteiger partial charge in [-0.15, -0.1) is 0 Å². The van der Waals surface area contributed by atoms with E-state index in [-0.39, 0.29) is 24.4 Å². The van der Waals surface area contributed by atoms with Gasteiger partial charge in [-0.05, 0) is 55.3 Å². The molecule has 8 nitrogen and oxygen atoms in total. The molecule has 0 spiro atoms. The minimum Gasteiger partial charge on any atom is -0.469 e. The highest BCUT2D eigenvalue weighted by Gasteiger charge is 2.41. The molecular weight excluding hydrogens is 446 g/mol. The molecule has 0 saturated carbocycles. The van der Waals surface area contributed by atoms with Crippen LogP contribution in [0.5, 0.6) is 11.5 Å². The van der Waals surface area contributed by atoms with Gasteiger partial charge in [0.15, 0.2) is 17.3 Å². The van der Waals surface area contributed by atoms with Crippen LogP contribution in [0, 0.1) is 0 Å². The van der Waals surface area contributed by atoms with Crippen LogP contribution in [0.1, 0.15) is 42.9 Å². The molecule has 1 aromatic carbocycles. The molecule has 1 amide bonds. The number of dihydropyridines is 1. The lowest BCUT2D eigenvalue weighted by molar-refractivity contribution is -0.116. The summed E-state index contributed by atoms with van der Waals surface area (Å²) in [5.74, 6) is 1.52. The number of Topliss-reactive ketones (excluding diaryl/α,β-unsaturated/α-hetero) is 1. The smallest absolute Gasteiger partial charge is 0.255 e. The number of pyridine rings is 1. The summed E-state index contributed by atoms with van der Waals surface area (Å²) < 4.78 is 16.7. The predicted octanol–water partition coefficient (Wildman–Crippen LogP) is 4.40. The van der Waals surface area contributed by atoms with E-state index >= 15 is 0 Å². The van der Waals surface area contributed by atoms with E-state index in [9.17, 15) is 9.59 Å². The molecule has 2 aliphatic heterocycles. The van der Waals surface area contributed by atoms with Crippen molar-refractivity contribution in [3.05, 3.63) is 94.9 Å². The van der Waals surface area contributed by atoms with E-state index in [4.69, 9.17) is 13.9 Å². The summed E-state index contributed by atoms with van der Waals surface area (Å²) in [4.78, 5) is 31.4. The van der Waals surface area contributed by atoms with Gasteiger partial charge in [-0.1, -0.05) is 12.1 Å². The van der Waals surface area contributed by atoms with E-state index in [2.05, 4.69) is 15.6 Å². The monoisotopic (exact) mass is 469 g/mol. The number of fused-ring (bicyclic) bond motifs is 1. The van der Waals surface area contributed by atoms with Gasteiger partial charge < -0.3 is 24.5 Å². The quantitative estimate of drug-likeness (QED) is 0.584. The maximum atomic E-state index is 13.6. The highest BCUT2D eigenvalue weighted by molar-refractivity contribution is 6.09. The van der Waals surface area contributed by atoms with Crippen molar-refractivity contribution in [3.8, 4) is 11.5 Å². The van der Waals surface area contributed by atoms with E-state index in [1.807, 2.05) is 37.3 Å². The summed E-state index contributed by atoms with van der Waals surface area (Å²) >= 11 is 0. The molecule has 0 unspecified atom stereocenters. The summed E-state index contributed by atoms with van der Waals surface area (Å²) in [6.45, 7) is 2.00. The van der Waals surface area contributed by atoms with Crippen molar-refractivity contribution in [1.82, 2.24) is 10.3 Å². The van der Waals surface area contributed by atoms with Crippen LogP contribution in [0.3, 0.4) is 0 Å². The lowest BCUT2D eigenvalue weighted by Crippen LogP contribution is -2.37. The molecule has 0 bridgehead atoms. The highest BCUT2D eigenvalue weighted by Crippen LogP contribution is 2.47. The second-order valence-electron chi connectivity index (χ2n) is 8.81. The minimum absolute atomic E-state index is 0.0153. The summed E-state index contributed by atoms with van der Waals surface area (Å²) in [5.41, 5.74) is 3.37. The van der Waals surface area contributed by atoms with Gasteiger partial charge in [-0.25, -0.2) is 4.98 Å². The summed E-state index contributed by atoms with van der Waals surface area (Å²) in [6, 6.07) is 14.6. The first-order valence-corrected chi connectivity index (χ1v) is 11.5. The zero-order chi connectivity index (χ0) is 23.9. The molecule has 2 atom stereocenters. The average Bonchev–Trinajstić information content (AvgIpc) is 3.55. The number of amides is 1. The van der Waals surface area contributed by atoms with Gasteiger partial charge >= 0.3 is 0 Å². The molecule has 8 heteroatoms. The summed E-state index contributed by atoms with van der Waals surface area (Å²) in [5, 5.41) is 6.25. The number of allylic oxidation sites excluding steroid dienone is 3. The number of carbonyl (C=O) groups is 2. The van der Waals surface area contributed by atoms with Gasteiger partial charge in [0.25, 0.3) is 5.91 Å². The Bertz CT molecular complexity index is 1380. The number of hydrogen-bond acceptors (Lipinski definition) is 7. The van der Waals surface area contributed by atoms with Crippen molar-refractivity contribution < 1.29 is 23.5 Å². The van der Waals surface area contributed by atoms with Crippen molar-refractivity contribution >= 4 is 17.5 Å². The minimum atomic E-state index is -0.561. The molecule has 35 heavy (non-hydrogen) atoms. The third-order valence-corrected chi connectivity index (χ3v) is 6.65. The standard InChI is InChI=1S/C27H23N3O5/c1-15-24(27(32)30-23-6-2-3-9-28-23)25(16-7-8-21-22(13-16)35-14-34-21)26-18(29-15)11-17(12-19(26)31)20-5-4-10-33-20/h2-10,13,17,25,29H,11-12,14H2,1H3,(H,28,30,32)/t17-,25+/m0/s1. The van der Waals surface area contributed by atoms with E-state index in [0.29, 0.717) is 47.0 Å². The van der Waals surface area contributed by atoms with Gasteiger partial charge in [0.1, 0.15) is 11.6 Å². The maximum absolute atomic E-state index is 13.6. The molecule has 176 valence electrons. The number of aromatic nitrogens is 1. The maximum Gasteiger partial charge on any atom is 0.255 e. The van der Waals surface area contributed by atoms with Crippen LogP contribution in [0.25, 0.3) is 0 Å². The number of carbonyl (C=O) groups excluding carboxylic acids is 2. The first kappa shape index (κ1) is 21.2. The van der Waals surface area contributed by atoms with E-state index < -0.39 is 5.92 Å². The molecule has 4 heterocycles. The number of anilines is 1. The Labute approximate surface area is 201 Å². The molecule has 6 rings (SSSR count). The molecule has 0 fully saturated rings. The van der Waals surface area contributed by atoms with Crippen molar-refractivity contribution in [2.75, 3.05) is 12.1 Å². The fourth-order valence-corrected chi connectivity index (χ4v) is 5.11. The van der Waals surface area contributed by atoms with E-state index in [0.717, 1.165) is 17.0 Å². The van der Waals surface area contributed by atoms with E-state index in [1.54, 1.807) is 30.7 Å². The third kappa shape index (κ3) is 3.77. The number of rotatable bonds is 4. The van der Waals surface area contributed by atoms with Crippen molar-refractivity contribution in [3.63, 3.8) is 0 Å². The lowest BCUT2D eigenvalue weighted by atomic mass is 9.72. The van der Waals surface area contributed by atoms with Crippen LogP contribution in [0.2, 0.25) is 0 Å². The first-order chi connectivity index (χ1) is 17.1. The van der Waals surface area contributed by atoms with Gasteiger partial charge in [0, 0.05) is 47.0 Å². The summed E-state index contributed by atoms with van der Waals surface area (Å²) in [7, 11) is 0. The van der Waals surface area contributed by atoms with E-state index in [1.165, 1.54) is 0 Å². The van der Waals surface area contributed by atoms with Gasteiger partial charge in [0.05, 0.1) is 6.26 Å². The Hall–Kier alpha value is -4.33. The molecule has 0 radical (unpaired) electrons. The second kappa shape index (κ2) is 8.47. The number of hydrogen-bond donors (Lipinski definition) is 2. The van der Waals surface area contributed by atoms with Crippen LogP contribution in [-0.4, -0.2) is 23.5 Å². The number of ether oxygens (including phenoxy) is 2. The molecule has 3 aliphatic rings. The normalized spacial score (nSPS) is 21.0. The fourth-order valence-electron chi connectivity index (χ4n) is 5.11. The second-order valence-corrected chi connectivity index (χ2v) is 8.81. The van der Waals surface area contributed by atoms with Gasteiger partial charge in [0.2, 0.25) is 6.79 Å². The zero-order valence-corrected chi connectivity index (χ0v) is 19.0.